The van der Waals surface area contributed by atoms with Crippen LogP contribution in [0, 0.1) is 0 Å². The van der Waals surface area contributed by atoms with E-state index < -0.39 is 23.6 Å². The molecule has 3 rings (SSSR count). The van der Waals surface area contributed by atoms with Crippen LogP contribution in [0.4, 0.5) is 24.5 Å². The highest BCUT2D eigenvalue weighted by Crippen LogP contribution is 2.36. The van der Waals surface area contributed by atoms with E-state index in [1.54, 1.807) is 0 Å². The lowest BCUT2D eigenvalue weighted by molar-refractivity contribution is -0.137. The molecule has 152 valence electrons. The Hall–Kier alpha value is -2.94. The van der Waals surface area contributed by atoms with Crippen molar-refractivity contribution in [1.29, 1.82) is 0 Å². The number of aromatic nitrogens is 1. The molecule has 29 heavy (non-hydrogen) atoms. The highest BCUT2D eigenvalue weighted by atomic mass is 32.1. The zero-order valence-corrected chi connectivity index (χ0v) is 16.3. The number of nitrogens with zero attached hydrogens (tertiary/aromatic N) is 1. The van der Waals surface area contributed by atoms with Gasteiger partial charge < -0.3 is 10.6 Å². The van der Waals surface area contributed by atoms with Gasteiger partial charge in [0, 0.05) is 19.0 Å². The molecule has 0 aliphatic rings. The molecule has 1 aromatic heterocycles. The van der Waals surface area contributed by atoms with Gasteiger partial charge in [0.2, 0.25) is 11.8 Å². The predicted octanol–water partition coefficient (Wildman–Crippen LogP) is 5.23. The maximum absolute atomic E-state index is 13.3. The van der Waals surface area contributed by atoms with Gasteiger partial charge in [-0.2, -0.15) is 13.2 Å². The second kappa shape index (κ2) is 8.60. The van der Waals surface area contributed by atoms with Crippen molar-refractivity contribution >= 4 is 44.7 Å². The molecule has 9 heteroatoms. The summed E-state index contributed by atoms with van der Waals surface area (Å²) < 4.78 is 41.0. The molecular weight excluding hydrogens is 403 g/mol. The molecule has 1 heterocycles. The summed E-state index contributed by atoms with van der Waals surface area (Å²) in [5.41, 5.74) is -0.440. The maximum Gasteiger partial charge on any atom is 0.418 e. The average molecular weight is 421 g/mol. The number of hydrogen-bond donors (Lipinski definition) is 2. The van der Waals surface area contributed by atoms with Crippen molar-refractivity contribution in [2.75, 3.05) is 10.6 Å². The molecule has 0 aliphatic heterocycles. The Morgan fingerprint density at radius 2 is 1.86 bits per heavy atom. The fourth-order valence-corrected chi connectivity index (χ4v) is 3.82. The van der Waals surface area contributed by atoms with Crippen molar-refractivity contribution < 1.29 is 22.8 Å². The molecule has 0 bridgehead atoms. The highest BCUT2D eigenvalue weighted by molar-refractivity contribution is 7.18. The zero-order chi connectivity index (χ0) is 21.0. The van der Waals surface area contributed by atoms with Crippen LogP contribution in [0.15, 0.2) is 42.5 Å². The van der Waals surface area contributed by atoms with Gasteiger partial charge >= 0.3 is 6.18 Å². The Balaban J connectivity index is 1.62. The number of amides is 2. The molecule has 2 amide bonds. The molecule has 2 N–H and O–H groups in total. The van der Waals surface area contributed by atoms with Gasteiger partial charge in [0.25, 0.3) is 0 Å². The Morgan fingerprint density at radius 3 is 2.55 bits per heavy atom. The fourth-order valence-electron chi connectivity index (χ4n) is 2.81. The third-order valence-corrected chi connectivity index (χ3v) is 5.15. The number of benzene rings is 2. The number of thiazole rings is 1. The molecule has 3 aromatic rings. The topological polar surface area (TPSA) is 71.1 Å². The summed E-state index contributed by atoms with van der Waals surface area (Å²) in [6, 6.07) is 10.9. The van der Waals surface area contributed by atoms with Gasteiger partial charge in [-0.1, -0.05) is 12.1 Å². The van der Waals surface area contributed by atoms with Gasteiger partial charge in [-0.05, 0) is 43.2 Å². The van der Waals surface area contributed by atoms with Crippen LogP contribution >= 0.6 is 11.3 Å². The van der Waals surface area contributed by atoms with Gasteiger partial charge in [-0.25, -0.2) is 4.98 Å². The molecule has 0 saturated carbocycles. The highest BCUT2D eigenvalue weighted by Gasteiger charge is 2.34. The maximum atomic E-state index is 13.3. The lowest BCUT2D eigenvalue weighted by atomic mass is 10.1. The first-order valence-corrected chi connectivity index (χ1v) is 9.67. The van der Waals surface area contributed by atoms with Gasteiger partial charge in [0.15, 0.2) is 0 Å². The number of anilines is 2. The van der Waals surface area contributed by atoms with Crippen LogP contribution in [-0.2, 0) is 22.2 Å². The van der Waals surface area contributed by atoms with Crippen LogP contribution in [0.1, 0.15) is 30.3 Å². The lowest BCUT2D eigenvalue weighted by Crippen LogP contribution is -2.17. The number of aryl methyl sites for hydroxylation is 1. The van der Waals surface area contributed by atoms with Gasteiger partial charge in [-0.3, -0.25) is 9.59 Å². The van der Waals surface area contributed by atoms with Gasteiger partial charge in [0.05, 0.1) is 26.5 Å². The second-order valence-electron chi connectivity index (χ2n) is 6.42. The summed E-state index contributed by atoms with van der Waals surface area (Å²) in [5.74, 6) is -0.992. The van der Waals surface area contributed by atoms with Crippen molar-refractivity contribution in [2.45, 2.75) is 32.4 Å². The van der Waals surface area contributed by atoms with E-state index in [-0.39, 0.29) is 17.8 Å². The largest absolute Gasteiger partial charge is 0.418 e. The predicted molar refractivity (Wildman–Crippen MR) is 107 cm³/mol. The minimum absolute atomic E-state index is 0.0126. The summed E-state index contributed by atoms with van der Waals surface area (Å²) in [5, 5.41) is 5.51. The van der Waals surface area contributed by atoms with Crippen LogP contribution in [0.2, 0.25) is 0 Å². The minimum Gasteiger partial charge on any atom is -0.326 e. The van der Waals surface area contributed by atoms with Crippen molar-refractivity contribution in [3.05, 3.63) is 53.0 Å². The molecule has 5 nitrogen and oxygen atoms in total. The lowest BCUT2D eigenvalue weighted by Gasteiger charge is -2.15. The number of rotatable bonds is 6. The van der Waals surface area contributed by atoms with E-state index in [4.69, 9.17) is 0 Å². The first-order valence-electron chi connectivity index (χ1n) is 8.85. The van der Waals surface area contributed by atoms with Crippen molar-refractivity contribution in [3.63, 3.8) is 0 Å². The van der Waals surface area contributed by atoms with Crippen LogP contribution < -0.4 is 10.6 Å². The molecule has 2 aromatic carbocycles. The minimum atomic E-state index is -4.67. The first kappa shape index (κ1) is 20.8. The normalized spacial score (nSPS) is 11.4. The van der Waals surface area contributed by atoms with Crippen molar-refractivity contribution in [3.8, 4) is 0 Å². The number of carbonyl (C=O) groups excluding carboxylic acids is 2. The van der Waals surface area contributed by atoms with E-state index >= 15 is 0 Å². The van der Waals surface area contributed by atoms with Crippen LogP contribution in [0.3, 0.4) is 0 Å². The molecule has 0 spiro atoms. The molecule has 0 radical (unpaired) electrons. The Kier molecular flexibility index (Phi) is 6.17. The number of fused-ring (bicyclic) bond motifs is 1. The molecule has 0 fully saturated rings. The van der Waals surface area contributed by atoms with E-state index in [2.05, 4.69) is 15.6 Å². The van der Waals surface area contributed by atoms with E-state index in [0.717, 1.165) is 27.4 Å². The Bertz CT molecular complexity index is 1010. The van der Waals surface area contributed by atoms with Crippen molar-refractivity contribution in [2.24, 2.45) is 0 Å². The average Bonchev–Trinajstić information content (AvgIpc) is 3.04. The van der Waals surface area contributed by atoms with Crippen molar-refractivity contribution in [1.82, 2.24) is 4.98 Å². The third kappa shape index (κ3) is 5.54. The SMILES string of the molecule is CC(=O)Nc1ccc(NC(=O)CCCc2nc3ccccc3s2)c(C(F)(F)F)c1. The Morgan fingerprint density at radius 1 is 1.10 bits per heavy atom. The van der Waals surface area contributed by atoms with Crippen LogP contribution in [-0.4, -0.2) is 16.8 Å². The quantitative estimate of drug-likeness (QED) is 0.572. The van der Waals surface area contributed by atoms with E-state index in [9.17, 15) is 22.8 Å². The molecule has 0 aliphatic carbocycles. The number of alkyl halides is 3. The molecule has 0 atom stereocenters. The summed E-state index contributed by atoms with van der Waals surface area (Å²) in [6.45, 7) is 1.20. The summed E-state index contributed by atoms with van der Waals surface area (Å²) in [4.78, 5) is 27.7. The van der Waals surface area contributed by atoms with E-state index in [1.165, 1.54) is 24.3 Å². The fraction of sp³-hybridized carbons (Fsp3) is 0.250. The summed E-state index contributed by atoms with van der Waals surface area (Å²) in [6.07, 6.45) is -3.56. The molecule has 0 saturated heterocycles. The smallest absolute Gasteiger partial charge is 0.326 e. The zero-order valence-electron chi connectivity index (χ0n) is 15.5. The third-order valence-electron chi connectivity index (χ3n) is 4.05. The molecule has 0 unspecified atom stereocenters. The van der Waals surface area contributed by atoms with Gasteiger partial charge in [-0.15, -0.1) is 11.3 Å². The van der Waals surface area contributed by atoms with Gasteiger partial charge in [0.1, 0.15) is 0 Å². The number of halogens is 3. The summed E-state index contributed by atoms with van der Waals surface area (Å²) in [7, 11) is 0. The standard InChI is InChI=1S/C20H18F3N3O2S/c1-12(27)24-13-9-10-15(14(11-13)20(21,22)23)25-18(28)7-4-8-19-26-16-5-2-3-6-17(16)29-19/h2-3,5-6,9-11H,4,7-8H2,1H3,(H,24,27)(H,25,28). The number of hydrogen-bond acceptors (Lipinski definition) is 4. The number of carbonyl (C=O) groups is 2. The monoisotopic (exact) mass is 421 g/mol. The van der Waals surface area contributed by atoms with E-state index in [1.807, 2.05) is 24.3 Å². The number of para-hydroxylation sites is 1. The summed E-state index contributed by atoms with van der Waals surface area (Å²) >= 11 is 1.54. The van der Waals surface area contributed by atoms with Crippen LogP contribution in [0.5, 0.6) is 0 Å². The van der Waals surface area contributed by atoms with E-state index in [0.29, 0.717) is 12.8 Å². The first-order chi connectivity index (χ1) is 13.7. The van der Waals surface area contributed by atoms with Crippen LogP contribution in [0.25, 0.3) is 10.2 Å². The molecular formula is C20H18F3N3O2S. The number of nitrogens with one attached hydrogen (secondary N) is 2. The second-order valence-corrected chi connectivity index (χ2v) is 7.53. The Labute approximate surface area is 169 Å².